The molecular formula is C27H23FN4O3S. The number of amidine groups is 1. The molecule has 2 aliphatic rings. The maximum atomic E-state index is 13.1. The lowest BCUT2D eigenvalue weighted by Gasteiger charge is -2.23. The molecule has 0 aliphatic carbocycles. The first-order valence-corrected chi connectivity index (χ1v) is 12.3. The van der Waals surface area contributed by atoms with E-state index in [1.165, 1.54) is 36.0 Å². The molecule has 0 saturated heterocycles. The molecule has 2 unspecified atom stereocenters. The molecule has 2 aliphatic heterocycles. The number of hydrogen-bond acceptors (Lipinski definition) is 6. The highest BCUT2D eigenvalue weighted by Gasteiger charge is 2.39. The number of anilines is 1. The zero-order valence-corrected chi connectivity index (χ0v) is 20.2. The number of rotatable bonds is 6. The Morgan fingerprint density at radius 1 is 1.08 bits per heavy atom. The van der Waals surface area contributed by atoms with Gasteiger partial charge in [0.1, 0.15) is 16.8 Å². The first kappa shape index (κ1) is 23.7. The van der Waals surface area contributed by atoms with E-state index in [9.17, 15) is 14.0 Å². The summed E-state index contributed by atoms with van der Waals surface area (Å²) in [4.78, 5) is 29.5. The van der Waals surface area contributed by atoms with Crippen molar-refractivity contribution in [1.82, 2.24) is 5.01 Å². The topological polar surface area (TPSA) is 83.4 Å². The van der Waals surface area contributed by atoms with Gasteiger partial charge in [0.2, 0.25) is 5.91 Å². The number of aliphatic imine (C=N–C) groups is 1. The van der Waals surface area contributed by atoms with Gasteiger partial charge in [0.15, 0.2) is 5.17 Å². The van der Waals surface area contributed by atoms with Crippen molar-refractivity contribution in [3.8, 4) is 5.75 Å². The molecule has 0 spiro atoms. The first-order chi connectivity index (χ1) is 17.5. The molecule has 0 aromatic heterocycles. The van der Waals surface area contributed by atoms with Crippen LogP contribution in [0.15, 0.2) is 89.0 Å². The van der Waals surface area contributed by atoms with Crippen LogP contribution in [-0.2, 0) is 9.59 Å². The average Bonchev–Trinajstić information content (AvgIpc) is 3.50. The van der Waals surface area contributed by atoms with E-state index in [0.29, 0.717) is 17.3 Å². The lowest BCUT2D eigenvalue weighted by atomic mass is 9.98. The first-order valence-electron chi connectivity index (χ1n) is 11.4. The van der Waals surface area contributed by atoms with Gasteiger partial charge in [-0.3, -0.25) is 9.59 Å². The number of carbonyl (C=O) groups is 2. The van der Waals surface area contributed by atoms with Crippen molar-refractivity contribution in [2.45, 2.75) is 24.1 Å². The van der Waals surface area contributed by atoms with Gasteiger partial charge in [0.05, 0.1) is 18.9 Å². The zero-order valence-electron chi connectivity index (χ0n) is 19.4. The predicted octanol–water partition coefficient (Wildman–Crippen LogP) is 5.01. The minimum Gasteiger partial charge on any atom is -0.497 e. The molecule has 2 atom stereocenters. The van der Waals surface area contributed by atoms with Crippen molar-refractivity contribution in [1.29, 1.82) is 0 Å². The second kappa shape index (κ2) is 10.3. The Balaban J connectivity index is 1.33. The molecule has 7 nitrogen and oxygen atoms in total. The third-order valence-electron chi connectivity index (χ3n) is 5.94. The van der Waals surface area contributed by atoms with E-state index in [2.05, 4.69) is 10.3 Å². The summed E-state index contributed by atoms with van der Waals surface area (Å²) in [6.45, 7) is 0. The van der Waals surface area contributed by atoms with Crippen LogP contribution in [0.1, 0.15) is 30.0 Å². The summed E-state index contributed by atoms with van der Waals surface area (Å²) in [5.41, 5.74) is 3.36. The van der Waals surface area contributed by atoms with Crippen LogP contribution in [0.25, 0.3) is 0 Å². The summed E-state index contributed by atoms with van der Waals surface area (Å²) in [5.74, 6) is -0.339. The van der Waals surface area contributed by atoms with Crippen LogP contribution in [0, 0.1) is 5.82 Å². The maximum absolute atomic E-state index is 13.1. The number of hydrogen-bond donors (Lipinski definition) is 1. The van der Waals surface area contributed by atoms with Crippen LogP contribution in [-0.4, -0.2) is 40.1 Å². The molecular weight excluding hydrogens is 479 g/mol. The predicted molar refractivity (Wildman–Crippen MR) is 139 cm³/mol. The number of halogens is 1. The molecule has 0 radical (unpaired) electrons. The summed E-state index contributed by atoms with van der Waals surface area (Å²) >= 11 is 1.24. The molecule has 5 rings (SSSR count). The molecule has 3 aromatic rings. The highest BCUT2D eigenvalue weighted by atomic mass is 32.2. The molecule has 9 heteroatoms. The number of nitrogens with zero attached hydrogens (tertiary/aromatic N) is 3. The maximum Gasteiger partial charge on any atom is 0.262 e. The average molecular weight is 503 g/mol. The van der Waals surface area contributed by atoms with E-state index in [-0.39, 0.29) is 30.1 Å². The second-order valence-corrected chi connectivity index (χ2v) is 9.52. The lowest BCUT2D eigenvalue weighted by Crippen LogP contribution is -2.25. The molecule has 0 saturated carbocycles. The zero-order chi connectivity index (χ0) is 25.1. The smallest absolute Gasteiger partial charge is 0.262 e. The van der Waals surface area contributed by atoms with Gasteiger partial charge in [-0.15, -0.1) is 0 Å². The fourth-order valence-electron chi connectivity index (χ4n) is 4.10. The van der Waals surface area contributed by atoms with Crippen molar-refractivity contribution >= 4 is 40.1 Å². The number of methoxy groups -OCH3 is 1. The molecule has 3 aromatic carbocycles. The number of benzene rings is 3. The van der Waals surface area contributed by atoms with Gasteiger partial charge < -0.3 is 10.1 Å². The third kappa shape index (κ3) is 5.16. The molecule has 182 valence electrons. The van der Waals surface area contributed by atoms with Crippen LogP contribution < -0.4 is 10.1 Å². The van der Waals surface area contributed by atoms with Crippen LogP contribution in [0.2, 0.25) is 0 Å². The van der Waals surface area contributed by atoms with Crippen LogP contribution >= 0.6 is 11.8 Å². The van der Waals surface area contributed by atoms with Crippen molar-refractivity contribution in [2.24, 2.45) is 10.1 Å². The minimum absolute atomic E-state index is 0.0488. The van der Waals surface area contributed by atoms with E-state index >= 15 is 0 Å². The van der Waals surface area contributed by atoms with E-state index in [0.717, 1.165) is 22.6 Å². The van der Waals surface area contributed by atoms with E-state index in [1.54, 1.807) is 12.1 Å². The van der Waals surface area contributed by atoms with Crippen molar-refractivity contribution in [2.75, 3.05) is 12.4 Å². The van der Waals surface area contributed by atoms with Gasteiger partial charge in [-0.05, 0) is 59.7 Å². The van der Waals surface area contributed by atoms with Gasteiger partial charge in [-0.2, -0.15) is 10.1 Å². The largest absolute Gasteiger partial charge is 0.497 e. The molecule has 2 amide bonds. The Labute approximate surface area is 212 Å². The minimum atomic E-state index is -0.655. The molecule has 2 heterocycles. The van der Waals surface area contributed by atoms with E-state index in [4.69, 9.17) is 9.84 Å². The van der Waals surface area contributed by atoms with Gasteiger partial charge >= 0.3 is 0 Å². The number of thioether (sulfide) groups is 1. The summed E-state index contributed by atoms with van der Waals surface area (Å²) in [5, 5.41) is 9.15. The third-order valence-corrected chi connectivity index (χ3v) is 7.08. The van der Waals surface area contributed by atoms with Crippen molar-refractivity contribution < 1.29 is 18.7 Å². The fourth-order valence-corrected chi connectivity index (χ4v) is 5.16. The monoisotopic (exact) mass is 502 g/mol. The quantitative estimate of drug-likeness (QED) is 0.512. The van der Waals surface area contributed by atoms with Crippen molar-refractivity contribution in [3.05, 3.63) is 95.8 Å². The Bertz CT molecular complexity index is 1330. The summed E-state index contributed by atoms with van der Waals surface area (Å²) in [7, 11) is 1.62. The SMILES string of the molecule is COc1ccc(C2=NN(C3=NC(=O)C(CC(=O)Nc4ccc(F)cc4)S3)C(c3ccccc3)C2)cc1. The van der Waals surface area contributed by atoms with Gasteiger partial charge in [0, 0.05) is 18.5 Å². The van der Waals surface area contributed by atoms with E-state index < -0.39 is 5.25 Å². The highest BCUT2D eigenvalue weighted by Crippen LogP contribution is 2.38. The molecule has 0 fully saturated rings. The highest BCUT2D eigenvalue weighted by molar-refractivity contribution is 8.15. The summed E-state index contributed by atoms with van der Waals surface area (Å²) in [6, 6.07) is 23.0. The second-order valence-electron chi connectivity index (χ2n) is 8.35. The Morgan fingerprint density at radius 3 is 2.50 bits per heavy atom. The van der Waals surface area contributed by atoms with Gasteiger partial charge in [-0.25, -0.2) is 9.40 Å². The number of nitrogens with one attached hydrogen (secondary N) is 1. The summed E-state index contributed by atoms with van der Waals surface area (Å²) in [6.07, 6.45) is 0.590. The normalized spacial score (nSPS) is 19.2. The molecule has 1 N–H and O–H groups in total. The molecule has 0 bridgehead atoms. The Hall–Kier alpha value is -3.98. The standard InChI is InChI=1S/C27H23FN4O3S/c1-35-21-13-7-17(8-14-21)22-15-23(18-5-3-2-4-6-18)32(31-22)27-30-26(34)24(36-27)16-25(33)29-20-11-9-19(28)10-12-20/h2-14,23-24H,15-16H2,1H3,(H,29,33). The Morgan fingerprint density at radius 2 is 1.81 bits per heavy atom. The van der Waals surface area contributed by atoms with Crippen molar-refractivity contribution in [3.63, 3.8) is 0 Å². The van der Waals surface area contributed by atoms with E-state index in [1.807, 2.05) is 54.6 Å². The number of hydrazone groups is 1. The Kier molecular flexibility index (Phi) is 6.81. The fraction of sp³-hybridized carbons (Fsp3) is 0.185. The van der Waals surface area contributed by atoms with Gasteiger partial charge in [0.25, 0.3) is 5.91 Å². The number of carbonyl (C=O) groups excluding carboxylic acids is 2. The van der Waals surface area contributed by atoms with Crippen LogP contribution in [0.3, 0.4) is 0 Å². The number of ether oxygens (including phenoxy) is 1. The number of amides is 2. The molecule has 36 heavy (non-hydrogen) atoms. The van der Waals surface area contributed by atoms with Crippen LogP contribution in [0.4, 0.5) is 10.1 Å². The lowest BCUT2D eigenvalue weighted by molar-refractivity contribution is -0.121. The summed E-state index contributed by atoms with van der Waals surface area (Å²) < 4.78 is 18.4. The van der Waals surface area contributed by atoms with Gasteiger partial charge in [-0.1, -0.05) is 42.1 Å². The van der Waals surface area contributed by atoms with Crippen LogP contribution in [0.5, 0.6) is 5.75 Å².